The van der Waals surface area contributed by atoms with E-state index >= 15 is 0 Å². The molecule has 240 valence electrons. The van der Waals surface area contributed by atoms with Gasteiger partial charge in [-0.3, -0.25) is 19.4 Å². The van der Waals surface area contributed by atoms with Crippen LogP contribution >= 0.6 is 35.6 Å². The van der Waals surface area contributed by atoms with E-state index in [2.05, 4.69) is 10.2 Å². The summed E-state index contributed by atoms with van der Waals surface area (Å²) in [6.07, 6.45) is 1.77. The number of hydrogen-bond donors (Lipinski definition) is 2. The second-order valence-electron chi connectivity index (χ2n) is 10.4. The normalized spacial score (nSPS) is 16.1. The number of thioether (sulfide) groups is 1. The standard InChI is InChI=1S/C33H32ClN3O7S2/c1-42-28-20-24(34)5-8-26(28)22-4-9-27(44-17-14-36-12-15-43-16-13-36)23(18-22)19-29-31(39)37(33(45)46-29)11-10-30(38)35-25-6-2-21(3-7-25)32(40)41/h2-9,18-20H,10-17H2,1H3,(H,35,38)(H,40,41)/b29-19-. The Labute approximate surface area is 281 Å². The van der Waals surface area contributed by atoms with Gasteiger partial charge in [0, 0.05) is 54.4 Å². The molecule has 10 nitrogen and oxygen atoms in total. The van der Waals surface area contributed by atoms with E-state index < -0.39 is 5.97 Å². The number of carbonyl (C=O) groups excluding carboxylic acids is 2. The molecule has 3 aromatic rings. The van der Waals surface area contributed by atoms with Gasteiger partial charge in [0.15, 0.2) is 0 Å². The van der Waals surface area contributed by atoms with Gasteiger partial charge in [0.05, 0.1) is 30.8 Å². The second kappa shape index (κ2) is 15.6. The molecule has 2 fully saturated rings. The lowest BCUT2D eigenvalue weighted by molar-refractivity contribution is -0.122. The highest BCUT2D eigenvalue weighted by molar-refractivity contribution is 8.26. The lowest BCUT2D eigenvalue weighted by Crippen LogP contribution is -2.38. The van der Waals surface area contributed by atoms with E-state index in [0.717, 1.165) is 42.5 Å². The summed E-state index contributed by atoms with van der Waals surface area (Å²) in [7, 11) is 1.58. The Morgan fingerprint density at radius 3 is 2.54 bits per heavy atom. The number of rotatable bonds is 12. The van der Waals surface area contributed by atoms with Gasteiger partial charge in [0.1, 0.15) is 22.4 Å². The fourth-order valence-electron chi connectivity index (χ4n) is 4.94. The summed E-state index contributed by atoms with van der Waals surface area (Å²) in [4.78, 5) is 41.3. The number of benzene rings is 3. The van der Waals surface area contributed by atoms with Crippen LogP contribution in [0, 0.1) is 0 Å². The highest BCUT2D eigenvalue weighted by Gasteiger charge is 2.32. The number of thiocarbonyl (C=S) groups is 1. The van der Waals surface area contributed by atoms with Crippen LogP contribution in [0.2, 0.25) is 5.02 Å². The molecule has 2 saturated heterocycles. The van der Waals surface area contributed by atoms with Gasteiger partial charge in [-0.05, 0) is 66.2 Å². The molecule has 0 radical (unpaired) electrons. The zero-order valence-corrected chi connectivity index (χ0v) is 27.4. The average Bonchev–Trinajstić information content (AvgIpc) is 3.32. The Kier molecular flexibility index (Phi) is 11.3. The van der Waals surface area contributed by atoms with Crippen LogP contribution < -0.4 is 14.8 Å². The summed E-state index contributed by atoms with van der Waals surface area (Å²) in [5.74, 6) is -0.460. The van der Waals surface area contributed by atoms with Crippen molar-refractivity contribution in [1.82, 2.24) is 9.80 Å². The molecule has 0 aliphatic carbocycles. The smallest absolute Gasteiger partial charge is 0.335 e. The molecule has 46 heavy (non-hydrogen) atoms. The van der Waals surface area contributed by atoms with Crippen molar-refractivity contribution < 1.29 is 33.7 Å². The fraction of sp³-hybridized carbons (Fsp3) is 0.273. The number of anilines is 1. The molecule has 5 rings (SSSR count). The molecule has 2 N–H and O–H groups in total. The largest absolute Gasteiger partial charge is 0.496 e. The number of methoxy groups -OCH3 is 1. The quantitative estimate of drug-likeness (QED) is 0.183. The number of nitrogens with zero attached hydrogens (tertiary/aromatic N) is 2. The third kappa shape index (κ3) is 8.45. The maximum atomic E-state index is 13.5. The number of ether oxygens (including phenoxy) is 3. The van der Waals surface area contributed by atoms with Crippen molar-refractivity contribution in [3.63, 3.8) is 0 Å². The van der Waals surface area contributed by atoms with Crippen LogP contribution in [0.5, 0.6) is 11.5 Å². The van der Waals surface area contributed by atoms with Gasteiger partial charge in [-0.2, -0.15) is 0 Å². The lowest BCUT2D eigenvalue weighted by atomic mass is 10.0. The third-order valence-corrected chi connectivity index (χ3v) is 9.00. The van der Waals surface area contributed by atoms with Crippen molar-refractivity contribution in [3.05, 3.63) is 81.7 Å². The summed E-state index contributed by atoms with van der Waals surface area (Å²) in [5, 5.41) is 12.3. The molecule has 13 heteroatoms. The van der Waals surface area contributed by atoms with Gasteiger partial charge < -0.3 is 24.6 Å². The number of carbonyl (C=O) groups is 3. The predicted octanol–water partition coefficient (Wildman–Crippen LogP) is 5.65. The van der Waals surface area contributed by atoms with Gasteiger partial charge in [-0.25, -0.2) is 4.79 Å². The SMILES string of the molecule is COc1cc(Cl)ccc1-c1ccc(OCCN2CCOCC2)c(/C=C2\SC(=S)N(CCC(=O)Nc3ccc(C(=O)O)cc3)C2=O)c1. The van der Waals surface area contributed by atoms with Gasteiger partial charge in [-0.15, -0.1) is 0 Å². The number of morpholine rings is 1. The molecule has 2 amide bonds. The molecule has 2 aliphatic rings. The molecule has 0 unspecified atom stereocenters. The van der Waals surface area contributed by atoms with Crippen molar-refractivity contribution in [2.45, 2.75) is 6.42 Å². The number of nitrogens with one attached hydrogen (secondary N) is 1. The molecule has 2 aliphatic heterocycles. The van der Waals surface area contributed by atoms with Crippen LogP contribution in [-0.4, -0.2) is 90.1 Å². The topological polar surface area (TPSA) is 118 Å². The summed E-state index contributed by atoms with van der Waals surface area (Å²) in [5.41, 5.74) is 2.95. The maximum Gasteiger partial charge on any atom is 0.335 e. The third-order valence-electron chi connectivity index (χ3n) is 7.39. The zero-order chi connectivity index (χ0) is 32.6. The van der Waals surface area contributed by atoms with Crippen LogP contribution in [-0.2, 0) is 14.3 Å². The van der Waals surface area contributed by atoms with E-state index in [9.17, 15) is 14.4 Å². The van der Waals surface area contributed by atoms with E-state index in [1.165, 1.54) is 29.2 Å². The van der Waals surface area contributed by atoms with Crippen LogP contribution in [0.1, 0.15) is 22.3 Å². The maximum absolute atomic E-state index is 13.5. The summed E-state index contributed by atoms with van der Waals surface area (Å²) in [6, 6.07) is 17.0. The number of carboxylic acids is 1. The molecule has 0 spiro atoms. The van der Waals surface area contributed by atoms with Crippen molar-refractivity contribution in [3.8, 4) is 22.6 Å². The van der Waals surface area contributed by atoms with E-state index in [-0.39, 0.29) is 30.3 Å². The van der Waals surface area contributed by atoms with E-state index in [4.69, 9.17) is 43.1 Å². The highest BCUT2D eigenvalue weighted by Crippen LogP contribution is 2.38. The first-order valence-corrected chi connectivity index (χ1v) is 16.1. The minimum atomic E-state index is -1.05. The van der Waals surface area contributed by atoms with Gasteiger partial charge in [0.2, 0.25) is 5.91 Å². The molecule has 2 heterocycles. The number of halogens is 1. The van der Waals surface area contributed by atoms with E-state index in [0.29, 0.717) is 56.8 Å². The molecular formula is C33H32ClN3O7S2. The Morgan fingerprint density at radius 2 is 1.83 bits per heavy atom. The van der Waals surface area contributed by atoms with Crippen LogP contribution in [0.3, 0.4) is 0 Å². The lowest BCUT2D eigenvalue weighted by Gasteiger charge is -2.26. The summed E-state index contributed by atoms with van der Waals surface area (Å²) >= 11 is 12.9. The zero-order valence-electron chi connectivity index (χ0n) is 25.0. The second-order valence-corrected chi connectivity index (χ2v) is 12.5. The van der Waals surface area contributed by atoms with Gasteiger partial charge in [-0.1, -0.05) is 41.6 Å². The first kappa shape index (κ1) is 33.4. The Balaban J connectivity index is 1.32. The van der Waals surface area contributed by atoms with Crippen LogP contribution in [0.25, 0.3) is 17.2 Å². The van der Waals surface area contributed by atoms with E-state index in [1.54, 1.807) is 25.3 Å². The minimum absolute atomic E-state index is 0.00213. The monoisotopic (exact) mass is 681 g/mol. The van der Waals surface area contributed by atoms with Gasteiger partial charge >= 0.3 is 5.97 Å². The summed E-state index contributed by atoms with van der Waals surface area (Å²) in [6.45, 7) is 4.39. The molecule has 3 aromatic carbocycles. The fourth-order valence-corrected chi connectivity index (χ4v) is 6.40. The van der Waals surface area contributed by atoms with Crippen molar-refractivity contribution in [2.24, 2.45) is 0 Å². The van der Waals surface area contributed by atoms with Crippen LogP contribution in [0.4, 0.5) is 5.69 Å². The van der Waals surface area contributed by atoms with Crippen molar-refractivity contribution in [2.75, 3.05) is 58.4 Å². The summed E-state index contributed by atoms with van der Waals surface area (Å²) < 4.78 is 17.6. The molecule has 0 saturated carbocycles. The van der Waals surface area contributed by atoms with Crippen LogP contribution in [0.15, 0.2) is 65.6 Å². The Hall–Kier alpha value is -3.94. The molecular weight excluding hydrogens is 650 g/mol. The Morgan fingerprint density at radius 1 is 1.07 bits per heavy atom. The number of hydrogen-bond acceptors (Lipinski definition) is 9. The van der Waals surface area contributed by atoms with Gasteiger partial charge in [0.25, 0.3) is 5.91 Å². The number of carboxylic acid groups (broad SMARTS) is 1. The first-order valence-electron chi connectivity index (χ1n) is 14.5. The predicted molar refractivity (Wildman–Crippen MR) is 183 cm³/mol. The molecule has 0 atom stereocenters. The number of amides is 2. The molecule has 0 bridgehead atoms. The molecule has 0 aromatic heterocycles. The minimum Gasteiger partial charge on any atom is -0.496 e. The highest BCUT2D eigenvalue weighted by atomic mass is 35.5. The Bertz CT molecular complexity index is 1660. The first-order chi connectivity index (χ1) is 22.2. The van der Waals surface area contributed by atoms with Crippen molar-refractivity contribution >= 4 is 69.4 Å². The van der Waals surface area contributed by atoms with E-state index in [1.807, 2.05) is 24.3 Å². The van der Waals surface area contributed by atoms with Crippen molar-refractivity contribution in [1.29, 1.82) is 0 Å². The average molecular weight is 682 g/mol. The number of aromatic carboxylic acids is 1.